The molecule has 0 spiro atoms. The molecular formula is C15H23ClO6. The summed E-state index contributed by atoms with van der Waals surface area (Å²) in [4.78, 5) is 11.4. The summed E-state index contributed by atoms with van der Waals surface area (Å²) in [5.41, 5.74) is -1.18. The Bertz CT molecular complexity index is 518. The minimum Gasteiger partial charge on any atom is -0.351 e. The van der Waals surface area contributed by atoms with Gasteiger partial charge in [0.2, 0.25) is 5.79 Å². The molecule has 1 aliphatic carbocycles. The molecule has 2 bridgehead atoms. The van der Waals surface area contributed by atoms with Crippen molar-refractivity contribution in [3.05, 3.63) is 0 Å². The Morgan fingerprint density at radius 1 is 1.14 bits per heavy atom. The number of rotatable bonds is 3. The Morgan fingerprint density at radius 2 is 1.73 bits per heavy atom. The number of carbonyl (C=O) groups is 1. The van der Waals surface area contributed by atoms with Crippen molar-refractivity contribution in [3.63, 3.8) is 0 Å². The van der Waals surface area contributed by atoms with Gasteiger partial charge in [0, 0.05) is 26.7 Å². The molecule has 3 rings (SSSR count). The first-order chi connectivity index (χ1) is 10.1. The molecule has 0 aromatic rings. The van der Waals surface area contributed by atoms with Crippen LogP contribution in [0.1, 0.15) is 27.2 Å². The van der Waals surface area contributed by atoms with Crippen molar-refractivity contribution in [1.82, 2.24) is 0 Å². The molecule has 0 radical (unpaired) electrons. The Balaban J connectivity index is 2.34. The van der Waals surface area contributed by atoms with E-state index in [-0.39, 0.29) is 12.4 Å². The average Bonchev–Trinajstić information content (AvgIpc) is 2.76. The molecule has 3 aliphatic rings. The number of alkyl halides is 1. The van der Waals surface area contributed by atoms with Crippen LogP contribution in [0, 0.1) is 11.3 Å². The molecule has 22 heavy (non-hydrogen) atoms. The first kappa shape index (κ1) is 16.6. The number of halogens is 1. The minimum atomic E-state index is -1.44. The number of Topliss-reactive ketones (excluding diaryl/α,β-unsaturated/α-hetero) is 1. The normalized spacial score (nSPS) is 48.5. The maximum absolute atomic E-state index is 12.7. The van der Waals surface area contributed by atoms with Crippen LogP contribution in [0.5, 0.6) is 0 Å². The molecule has 0 aromatic heterocycles. The Kier molecular flexibility index (Phi) is 3.35. The third-order valence-corrected chi connectivity index (χ3v) is 6.65. The van der Waals surface area contributed by atoms with Crippen molar-refractivity contribution < 1.29 is 28.5 Å². The van der Waals surface area contributed by atoms with Crippen molar-refractivity contribution in [2.45, 2.75) is 49.4 Å². The average molecular weight is 335 g/mol. The molecule has 4 atom stereocenters. The molecule has 2 heterocycles. The second kappa shape index (κ2) is 4.43. The van der Waals surface area contributed by atoms with E-state index < -0.39 is 33.6 Å². The molecule has 126 valence electrons. The summed E-state index contributed by atoms with van der Waals surface area (Å²) in [6.45, 7) is 5.68. The van der Waals surface area contributed by atoms with E-state index in [9.17, 15) is 4.79 Å². The summed E-state index contributed by atoms with van der Waals surface area (Å²) in [5.74, 6) is -3.63. The predicted molar refractivity (Wildman–Crippen MR) is 77.4 cm³/mol. The van der Waals surface area contributed by atoms with Crippen molar-refractivity contribution in [3.8, 4) is 0 Å². The van der Waals surface area contributed by atoms with Crippen LogP contribution in [0.25, 0.3) is 0 Å². The van der Waals surface area contributed by atoms with Gasteiger partial charge >= 0.3 is 0 Å². The fourth-order valence-electron chi connectivity index (χ4n) is 4.64. The highest BCUT2D eigenvalue weighted by Crippen LogP contribution is 2.72. The SMILES string of the molecule is COC1(OC)[C@H]2[C@@]3(OC)OCC(=O)[C@]1(Cl)C[C@]2(C)C(C)(C)O3. The predicted octanol–water partition coefficient (Wildman–Crippen LogP) is 1.69. The quantitative estimate of drug-likeness (QED) is 0.578. The molecule has 2 saturated heterocycles. The van der Waals surface area contributed by atoms with Gasteiger partial charge in [-0.2, -0.15) is 0 Å². The lowest BCUT2D eigenvalue weighted by Crippen LogP contribution is -2.60. The van der Waals surface area contributed by atoms with E-state index in [0.717, 1.165) is 0 Å². The van der Waals surface area contributed by atoms with Crippen LogP contribution >= 0.6 is 11.6 Å². The third kappa shape index (κ3) is 1.47. The second-order valence-corrected chi connectivity index (χ2v) is 7.68. The lowest BCUT2D eigenvalue weighted by molar-refractivity contribution is -0.410. The van der Waals surface area contributed by atoms with Gasteiger partial charge in [0.25, 0.3) is 5.97 Å². The molecular weight excluding hydrogens is 312 g/mol. The molecule has 0 amide bonds. The number of hydrogen-bond donors (Lipinski definition) is 0. The highest BCUT2D eigenvalue weighted by molar-refractivity contribution is 6.37. The minimum absolute atomic E-state index is 0.214. The number of ketones is 1. The van der Waals surface area contributed by atoms with E-state index >= 15 is 0 Å². The topological polar surface area (TPSA) is 63.2 Å². The monoisotopic (exact) mass is 334 g/mol. The van der Waals surface area contributed by atoms with Gasteiger partial charge in [-0.25, -0.2) is 0 Å². The number of methoxy groups -OCH3 is 3. The summed E-state index contributed by atoms with van der Waals surface area (Å²) in [5, 5.41) is 0. The number of fused-ring (bicyclic) bond motifs is 1. The zero-order valence-electron chi connectivity index (χ0n) is 13.8. The highest BCUT2D eigenvalue weighted by Gasteiger charge is 2.86. The van der Waals surface area contributed by atoms with Crippen molar-refractivity contribution >= 4 is 17.4 Å². The van der Waals surface area contributed by atoms with Crippen LogP contribution in [0.2, 0.25) is 0 Å². The number of ether oxygens (including phenoxy) is 5. The summed E-state index contributed by atoms with van der Waals surface area (Å²) >= 11 is 6.82. The smallest absolute Gasteiger partial charge is 0.292 e. The fourth-order valence-corrected chi connectivity index (χ4v) is 5.24. The Hall–Kier alpha value is -0.240. The van der Waals surface area contributed by atoms with Crippen LogP contribution in [0.15, 0.2) is 0 Å². The van der Waals surface area contributed by atoms with Crippen molar-refractivity contribution in [2.24, 2.45) is 11.3 Å². The van der Waals surface area contributed by atoms with Crippen LogP contribution in [-0.2, 0) is 28.5 Å². The van der Waals surface area contributed by atoms with Gasteiger partial charge in [0.15, 0.2) is 10.7 Å². The molecule has 6 nitrogen and oxygen atoms in total. The van der Waals surface area contributed by atoms with E-state index in [2.05, 4.69) is 0 Å². The van der Waals surface area contributed by atoms with E-state index in [1.165, 1.54) is 21.3 Å². The number of hydrogen-bond acceptors (Lipinski definition) is 6. The zero-order chi connectivity index (χ0) is 16.6. The lowest BCUT2D eigenvalue weighted by Gasteiger charge is -2.43. The van der Waals surface area contributed by atoms with E-state index in [1.54, 1.807) is 0 Å². The van der Waals surface area contributed by atoms with Gasteiger partial charge in [-0.1, -0.05) is 6.92 Å². The summed E-state index contributed by atoms with van der Waals surface area (Å²) in [7, 11) is 4.45. The Morgan fingerprint density at radius 3 is 2.23 bits per heavy atom. The van der Waals surface area contributed by atoms with Crippen molar-refractivity contribution in [1.29, 1.82) is 0 Å². The van der Waals surface area contributed by atoms with Gasteiger partial charge in [-0.3, -0.25) is 4.79 Å². The zero-order valence-corrected chi connectivity index (χ0v) is 14.6. The second-order valence-electron chi connectivity index (χ2n) is 7.04. The van der Waals surface area contributed by atoms with Gasteiger partial charge in [0.1, 0.15) is 12.5 Å². The lowest BCUT2D eigenvalue weighted by atomic mass is 9.69. The number of carbonyl (C=O) groups excluding carboxylic acids is 1. The standard InChI is InChI=1S/C15H23ClO6/c1-11(2)12(3)8-13(16)9(17)7-21-15(20-6,22-11)10(12)14(13,18-4)19-5/h10H,7-8H2,1-6H3/t10-,12-,13+,15+/m0/s1. The highest BCUT2D eigenvalue weighted by atomic mass is 35.5. The van der Waals surface area contributed by atoms with Crippen LogP contribution < -0.4 is 0 Å². The van der Waals surface area contributed by atoms with Gasteiger partial charge in [-0.05, 0) is 20.3 Å². The molecule has 0 unspecified atom stereocenters. The van der Waals surface area contributed by atoms with Crippen LogP contribution in [-0.4, -0.2) is 56.0 Å². The van der Waals surface area contributed by atoms with E-state index in [0.29, 0.717) is 6.42 Å². The first-order valence-electron chi connectivity index (χ1n) is 7.31. The summed E-state index contributed by atoms with van der Waals surface area (Å²) in [6, 6.07) is 0. The van der Waals surface area contributed by atoms with E-state index in [4.69, 9.17) is 35.3 Å². The van der Waals surface area contributed by atoms with Gasteiger partial charge in [0.05, 0.1) is 5.60 Å². The molecule has 1 saturated carbocycles. The molecule has 2 aliphatic heterocycles. The Labute approximate surface area is 135 Å². The fraction of sp³-hybridized carbons (Fsp3) is 0.933. The van der Waals surface area contributed by atoms with E-state index in [1.807, 2.05) is 20.8 Å². The van der Waals surface area contributed by atoms with Crippen molar-refractivity contribution in [2.75, 3.05) is 27.9 Å². The molecule has 7 heteroatoms. The largest absolute Gasteiger partial charge is 0.351 e. The summed E-state index contributed by atoms with van der Waals surface area (Å²) < 4.78 is 29.0. The maximum Gasteiger partial charge on any atom is 0.292 e. The summed E-state index contributed by atoms with van der Waals surface area (Å²) in [6.07, 6.45) is 0.355. The van der Waals surface area contributed by atoms with Gasteiger partial charge in [-0.15, -0.1) is 11.6 Å². The molecule has 0 N–H and O–H groups in total. The van der Waals surface area contributed by atoms with Crippen LogP contribution in [0.4, 0.5) is 0 Å². The first-order valence-corrected chi connectivity index (χ1v) is 7.69. The van der Waals surface area contributed by atoms with Gasteiger partial charge < -0.3 is 23.7 Å². The third-order valence-electron chi connectivity index (χ3n) is 6.04. The van der Waals surface area contributed by atoms with Crippen LogP contribution in [0.3, 0.4) is 0 Å². The molecule has 0 aromatic carbocycles. The maximum atomic E-state index is 12.7. The molecule has 3 fully saturated rings.